The van der Waals surface area contributed by atoms with Gasteiger partial charge in [0.05, 0.1) is 0 Å². The van der Waals surface area contributed by atoms with Gasteiger partial charge in [-0.3, -0.25) is 14.4 Å². The Morgan fingerprint density at radius 3 is 2.50 bits per heavy atom. The lowest BCUT2D eigenvalue weighted by Crippen LogP contribution is -2.52. The number of carbonyl (C=O) groups excluding carboxylic acids is 3. The van der Waals surface area contributed by atoms with Crippen molar-refractivity contribution in [2.75, 3.05) is 6.61 Å². The molecular weight excluding hydrogens is 380 g/mol. The fraction of sp³-hybridized carbons (Fsp3) is 0.800. The summed E-state index contributed by atoms with van der Waals surface area (Å²) in [5.74, 6) is 1.28. The van der Waals surface area contributed by atoms with Gasteiger partial charge in [-0.1, -0.05) is 25.5 Å². The summed E-state index contributed by atoms with van der Waals surface area (Å²) in [6.45, 7) is 7.51. The second kappa shape index (κ2) is 7.80. The van der Waals surface area contributed by atoms with E-state index in [1.54, 1.807) is 0 Å². The van der Waals surface area contributed by atoms with E-state index in [1.165, 1.54) is 32.3 Å². The molecule has 0 amide bonds. The predicted molar refractivity (Wildman–Crippen MR) is 112 cm³/mol. The summed E-state index contributed by atoms with van der Waals surface area (Å²) in [5.41, 5.74) is 1.71. The summed E-state index contributed by atoms with van der Waals surface area (Å²) in [4.78, 5) is 35.4. The third-order valence-electron chi connectivity index (χ3n) is 9.16. The Balaban J connectivity index is 1.49. The van der Waals surface area contributed by atoms with Crippen LogP contribution in [-0.4, -0.2) is 30.4 Å². The average molecular weight is 417 g/mol. The molecule has 0 unspecified atom stereocenters. The van der Waals surface area contributed by atoms with Crippen molar-refractivity contribution >= 4 is 17.7 Å². The van der Waals surface area contributed by atoms with E-state index in [9.17, 15) is 14.4 Å². The first-order valence-corrected chi connectivity index (χ1v) is 11.7. The zero-order valence-corrected chi connectivity index (χ0v) is 18.9. The van der Waals surface area contributed by atoms with Gasteiger partial charge in [-0.05, 0) is 80.0 Å². The lowest BCUT2D eigenvalue weighted by atomic mass is 9.46. The second-order valence-corrected chi connectivity index (χ2v) is 10.6. The van der Waals surface area contributed by atoms with Crippen LogP contribution in [-0.2, 0) is 23.9 Å². The molecule has 4 rings (SSSR count). The SMILES string of the molecule is CC(=O)OCC(=O)[C@@H]1CC=C2[C@@H]3CC[C@H]4C[C@@H](OC(C)=O)CC[C@]4(C)[C@H]3CC[C@@]21C. The van der Waals surface area contributed by atoms with E-state index in [1.807, 2.05) is 0 Å². The number of carbonyl (C=O) groups is 3. The highest BCUT2D eigenvalue weighted by Gasteiger charge is 2.58. The van der Waals surface area contributed by atoms with Crippen LogP contribution in [0.1, 0.15) is 79.1 Å². The standard InChI is InChI=1S/C25H36O5/c1-15(26)29-14-23(28)22-8-7-20-19-6-5-17-13-18(30-16(2)27)9-11-24(17,3)21(19)10-12-25(20,22)4/h7,17-19,21-22H,5-6,8-14H2,1-4H3/t17-,18-,19-,21-,22-,24-,25-/m0/s1. The van der Waals surface area contributed by atoms with Gasteiger partial charge in [0.1, 0.15) is 12.7 Å². The largest absolute Gasteiger partial charge is 0.463 e. The molecule has 0 bridgehead atoms. The highest BCUT2D eigenvalue weighted by atomic mass is 16.5. The Morgan fingerprint density at radius 2 is 1.80 bits per heavy atom. The van der Waals surface area contributed by atoms with Crippen LogP contribution >= 0.6 is 0 Å². The molecule has 0 N–H and O–H groups in total. The normalized spacial score (nSPS) is 42.3. The molecule has 4 aliphatic rings. The summed E-state index contributed by atoms with van der Waals surface area (Å²) in [6, 6.07) is 0. The first kappa shape index (κ1) is 21.6. The molecule has 0 radical (unpaired) electrons. The van der Waals surface area contributed by atoms with Crippen LogP contribution in [0.15, 0.2) is 11.6 Å². The number of fused-ring (bicyclic) bond motifs is 5. The molecule has 0 spiro atoms. The Bertz CT molecular complexity index is 770. The zero-order valence-electron chi connectivity index (χ0n) is 18.9. The molecule has 30 heavy (non-hydrogen) atoms. The van der Waals surface area contributed by atoms with Crippen molar-refractivity contribution in [2.45, 2.75) is 85.2 Å². The Morgan fingerprint density at radius 1 is 1.03 bits per heavy atom. The maximum absolute atomic E-state index is 12.8. The van der Waals surface area contributed by atoms with Crippen LogP contribution < -0.4 is 0 Å². The minimum atomic E-state index is -0.390. The summed E-state index contributed by atoms with van der Waals surface area (Å²) < 4.78 is 10.6. The van der Waals surface area contributed by atoms with E-state index in [-0.39, 0.29) is 41.8 Å². The summed E-state index contributed by atoms with van der Waals surface area (Å²) >= 11 is 0. The zero-order chi connectivity index (χ0) is 21.7. The maximum atomic E-state index is 12.8. The average Bonchev–Trinajstić information content (AvgIpc) is 3.03. The highest BCUT2D eigenvalue weighted by Crippen LogP contribution is 2.66. The highest BCUT2D eigenvalue weighted by molar-refractivity contribution is 5.86. The van der Waals surface area contributed by atoms with Gasteiger partial charge < -0.3 is 9.47 Å². The summed E-state index contributed by atoms with van der Waals surface area (Å²) in [6.07, 6.45) is 10.8. The monoisotopic (exact) mass is 416 g/mol. The van der Waals surface area contributed by atoms with Crippen molar-refractivity contribution in [3.63, 3.8) is 0 Å². The van der Waals surface area contributed by atoms with Crippen LogP contribution in [0.4, 0.5) is 0 Å². The van der Waals surface area contributed by atoms with Gasteiger partial charge in [0.25, 0.3) is 0 Å². The number of allylic oxidation sites excluding steroid dienone is 2. The molecule has 166 valence electrons. The number of Topliss-reactive ketones (excluding diaryl/α,β-unsaturated/α-hetero) is 1. The number of hydrogen-bond donors (Lipinski definition) is 0. The first-order valence-electron chi connectivity index (χ1n) is 11.7. The number of hydrogen-bond acceptors (Lipinski definition) is 5. The van der Waals surface area contributed by atoms with Crippen LogP contribution in [0.25, 0.3) is 0 Å². The van der Waals surface area contributed by atoms with Crippen LogP contribution in [0.3, 0.4) is 0 Å². The molecule has 0 aromatic carbocycles. The first-order chi connectivity index (χ1) is 14.1. The smallest absolute Gasteiger partial charge is 0.303 e. The molecule has 5 heteroatoms. The van der Waals surface area contributed by atoms with Gasteiger partial charge in [0, 0.05) is 19.8 Å². The third-order valence-corrected chi connectivity index (χ3v) is 9.16. The Kier molecular flexibility index (Phi) is 5.61. The maximum Gasteiger partial charge on any atom is 0.303 e. The lowest BCUT2D eigenvalue weighted by Gasteiger charge is -2.59. The molecule has 7 atom stereocenters. The van der Waals surface area contributed by atoms with Crippen LogP contribution in [0.2, 0.25) is 0 Å². The van der Waals surface area contributed by atoms with Crippen molar-refractivity contribution < 1.29 is 23.9 Å². The molecule has 4 aliphatic carbocycles. The molecule has 5 nitrogen and oxygen atoms in total. The van der Waals surface area contributed by atoms with Crippen molar-refractivity contribution in [3.8, 4) is 0 Å². The van der Waals surface area contributed by atoms with Crippen molar-refractivity contribution in [3.05, 3.63) is 11.6 Å². The van der Waals surface area contributed by atoms with Gasteiger partial charge in [0.2, 0.25) is 0 Å². The molecule has 0 aromatic rings. The molecule has 3 fully saturated rings. The molecule has 0 aromatic heterocycles. The number of esters is 2. The second-order valence-electron chi connectivity index (χ2n) is 10.6. The predicted octanol–water partition coefficient (Wildman–Crippen LogP) is 4.63. The van der Waals surface area contributed by atoms with E-state index < -0.39 is 0 Å². The molecular formula is C25H36O5. The number of ether oxygens (including phenoxy) is 2. The van der Waals surface area contributed by atoms with E-state index in [0.29, 0.717) is 23.2 Å². The fourth-order valence-electron chi connectivity index (χ4n) is 7.65. The van der Waals surface area contributed by atoms with Gasteiger partial charge in [0.15, 0.2) is 5.78 Å². The summed E-state index contributed by atoms with van der Waals surface area (Å²) in [7, 11) is 0. The third kappa shape index (κ3) is 3.52. The summed E-state index contributed by atoms with van der Waals surface area (Å²) in [5, 5.41) is 0. The Labute approximate surface area is 179 Å². The topological polar surface area (TPSA) is 69.7 Å². The minimum absolute atomic E-state index is 0.0574. The van der Waals surface area contributed by atoms with Gasteiger partial charge in [-0.2, -0.15) is 0 Å². The molecule has 0 aliphatic heterocycles. The van der Waals surface area contributed by atoms with E-state index in [2.05, 4.69) is 19.9 Å². The van der Waals surface area contributed by atoms with E-state index in [0.717, 1.165) is 38.5 Å². The van der Waals surface area contributed by atoms with Crippen LogP contribution in [0.5, 0.6) is 0 Å². The Hall–Kier alpha value is -1.65. The quantitative estimate of drug-likeness (QED) is 0.494. The van der Waals surface area contributed by atoms with Gasteiger partial charge in [-0.25, -0.2) is 0 Å². The van der Waals surface area contributed by atoms with Crippen LogP contribution in [0, 0.1) is 34.5 Å². The van der Waals surface area contributed by atoms with Gasteiger partial charge in [-0.15, -0.1) is 0 Å². The van der Waals surface area contributed by atoms with Crippen molar-refractivity contribution in [1.82, 2.24) is 0 Å². The van der Waals surface area contributed by atoms with Crippen molar-refractivity contribution in [1.29, 1.82) is 0 Å². The lowest BCUT2D eigenvalue weighted by molar-refractivity contribution is -0.155. The molecule has 0 heterocycles. The van der Waals surface area contributed by atoms with Crippen molar-refractivity contribution in [2.24, 2.45) is 34.5 Å². The molecule has 0 saturated heterocycles. The number of ketones is 1. The minimum Gasteiger partial charge on any atom is -0.463 e. The molecule has 3 saturated carbocycles. The van der Waals surface area contributed by atoms with E-state index in [4.69, 9.17) is 9.47 Å². The number of rotatable bonds is 4. The van der Waals surface area contributed by atoms with Gasteiger partial charge >= 0.3 is 11.9 Å². The van der Waals surface area contributed by atoms with E-state index >= 15 is 0 Å². The fourth-order valence-corrected chi connectivity index (χ4v) is 7.65.